The molecule has 1 unspecified atom stereocenters. The molecule has 0 amide bonds. The average molecular weight is 262 g/mol. The molecule has 0 aromatic heterocycles. The van der Waals surface area contributed by atoms with Gasteiger partial charge in [-0.05, 0) is 24.6 Å². The molecule has 0 bridgehead atoms. The van der Waals surface area contributed by atoms with Crippen molar-refractivity contribution >= 4 is 20.8 Å². The van der Waals surface area contributed by atoms with Crippen LogP contribution in [-0.2, 0) is 11.2 Å². The normalized spacial score (nSPS) is 11.8. The monoisotopic (exact) mass is 262 g/mol. The van der Waals surface area contributed by atoms with Gasteiger partial charge in [-0.25, -0.2) is 0 Å². The van der Waals surface area contributed by atoms with E-state index in [1.54, 1.807) is 0 Å². The van der Waals surface area contributed by atoms with Gasteiger partial charge in [0.05, 0.1) is 0 Å². The van der Waals surface area contributed by atoms with Gasteiger partial charge < -0.3 is 9.53 Å². The van der Waals surface area contributed by atoms with Crippen molar-refractivity contribution in [2.75, 3.05) is 0 Å². The van der Waals surface area contributed by atoms with Crippen LogP contribution in [0.3, 0.4) is 0 Å². The predicted molar refractivity (Wildman–Crippen MR) is 79.4 cm³/mol. The molecule has 0 aliphatic carbocycles. The minimum atomic E-state index is 0.418. The Labute approximate surface area is 111 Å². The lowest BCUT2D eigenvalue weighted by Crippen LogP contribution is -2.03. The minimum Gasteiger partial charge on any atom is -0.461 e. The summed E-state index contributed by atoms with van der Waals surface area (Å²) in [7, 11) is 2.65. The van der Waals surface area contributed by atoms with E-state index in [9.17, 15) is 4.79 Å². The van der Waals surface area contributed by atoms with Gasteiger partial charge in [0.1, 0.15) is 17.8 Å². The second-order valence-corrected chi connectivity index (χ2v) is 4.48. The van der Waals surface area contributed by atoms with Crippen LogP contribution in [0.25, 0.3) is 0 Å². The second-order valence-electron chi connectivity index (χ2n) is 3.86. The molecule has 0 fully saturated rings. The summed E-state index contributed by atoms with van der Waals surface area (Å²) in [6, 6.07) is 5.79. The van der Waals surface area contributed by atoms with Crippen LogP contribution in [0.2, 0.25) is 0 Å². The van der Waals surface area contributed by atoms with Gasteiger partial charge in [-0.15, -0.1) is 9.24 Å². The first-order valence-electron chi connectivity index (χ1n) is 6.03. The van der Waals surface area contributed by atoms with Gasteiger partial charge in [0.2, 0.25) is 0 Å². The molecular formula is C15H19O2P. The van der Waals surface area contributed by atoms with Gasteiger partial charge in [0, 0.05) is 18.1 Å². The number of aldehydes is 1. The van der Waals surface area contributed by atoms with E-state index >= 15 is 0 Å². The van der Waals surface area contributed by atoms with E-state index in [1.165, 1.54) is 0 Å². The Morgan fingerprint density at radius 1 is 1.44 bits per heavy atom. The summed E-state index contributed by atoms with van der Waals surface area (Å²) in [5.41, 5.74) is 0.965. The number of carbonyl (C=O) groups excluding carboxylic acids is 1. The van der Waals surface area contributed by atoms with E-state index < -0.39 is 0 Å². The maximum atomic E-state index is 10.5. The van der Waals surface area contributed by atoms with Crippen LogP contribution in [0.1, 0.15) is 25.8 Å². The second kappa shape index (κ2) is 7.84. The van der Waals surface area contributed by atoms with Crippen molar-refractivity contribution in [3.05, 3.63) is 47.7 Å². The van der Waals surface area contributed by atoms with Crippen molar-refractivity contribution in [2.45, 2.75) is 26.7 Å². The first-order chi connectivity index (χ1) is 8.71. The maximum absolute atomic E-state index is 10.5. The van der Waals surface area contributed by atoms with E-state index in [2.05, 4.69) is 9.24 Å². The van der Waals surface area contributed by atoms with Gasteiger partial charge in [-0.1, -0.05) is 31.2 Å². The van der Waals surface area contributed by atoms with Crippen molar-refractivity contribution in [1.82, 2.24) is 0 Å². The zero-order valence-electron chi connectivity index (χ0n) is 10.8. The standard InChI is InChI=1S/C15H19O2P/c1-3-5-6-13(4-2)17-14-11-12(9-10-16)7-8-15(14)18/h3,5-8,10-11H,4,9,18H2,1-2H3/b5-3-,13-6+. The molecule has 1 aromatic carbocycles. The summed E-state index contributed by atoms with van der Waals surface area (Å²) in [5, 5.41) is 0.990. The van der Waals surface area contributed by atoms with Gasteiger partial charge >= 0.3 is 0 Å². The summed E-state index contributed by atoms with van der Waals surface area (Å²) in [6.45, 7) is 4.02. The van der Waals surface area contributed by atoms with E-state index in [-0.39, 0.29) is 0 Å². The molecule has 1 atom stereocenters. The summed E-state index contributed by atoms with van der Waals surface area (Å²) in [6.07, 6.45) is 8.02. The van der Waals surface area contributed by atoms with Crippen molar-refractivity contribution in [2.24, 2.45) is 0 Å². The van der Waals surface area contributed by atoms with Crippen molar-refractivity contribution < 1.29 is 9.53 Å². The van der Waals surface area contributed by atoms with Crippen LogP contribution in [0.5, 0.6) is 5.75 Å². The highest BCUT2D eigenvalue weighted by Crippen LogP contribution is 2.18. The molecule has 1 rings (SSSR count). The lowest BCUT2D eigenvalue weighted by Gasteiger charge is -2.11. The van der Waals surface area contributed by atoms with Gasteiger partial charge in [-0.3, -0.25) is 0 Å². The molecule has 0 aliphatic rings. The van der Waals surface area contributed by atoms with Gasteiger partial charge in [0.25, 0.3) is 0 Å². The summed E-state index contributed by atoms with van der Waals surface area (Å²) >= 11 is 0. The topological polar surface area (TPSA) is 26.3 Å². The average Bonchev–Trinajstić information content (AvgIpc) is 2.38. The number of ether oxygens (including phenoxy) is 1. The Balaban J connectivity index is 2.94. The number of hydrogen-bond donors (Lipinski definition) is 0. The van der Waals surface area contributed by atoms with Crippen LogP contribution in [-0.4, -0.2) is 6.29 Å². The molecule has 0 aliphatic heterocycles. The minimum absolute atomic E-state index is 0.418. The molecule has 0 heterocycles. The van der Waals surface area contributed by atoms with Crippen LogP contribution < -0.4 is 10.0 Å². The zero-order valence-corrected chi connectivity index (χ0v) is 12.0. The first kappa shape index (κ1) is 14.7. The quantitative estimate of drug-likeness (QED) is 0.340. The van der Waals surface area contributed by atoms with Crippen molar-refractivity contribution in [1.29, 1.82) is 0 Å². The molecule has 0 spiro atoms. The SMILES string of the molecule is C/C=C\C=C(/CC)Oc1cc(CC=O)ccc1P. The third-order valence-corrected chi connectivity index (χ3v) is 2.94. The van der Waals surface area contributed by atoms with Crippen molar-refractivity contribution in [3.63, 3.8) is 0 Å². The third-order valence-electron chi connectivity index (χ3n) is 2.46. The van der Waals surface area contributed by atoms with Crippen LogP contribution >= 0.6 is 9.24 Å². The van der Waals surface area contributed by atoms with Crippen molar-refractivity contribution in [3.8, 4) is 5.75 Å². The van der Waals surface area contributed by atoms with Crippen LogP contribution in [0.15, 0.2) is 42.2 Å². The smallest absolute Gasteiger partial charge is 0.134 e. The fourth-order valence-electron chi connectivity index (χ4n) is 1.46. The number of allylic oxidation sites excluding steroid dienone is 4. The molecular weight excluding hydrogens is 243 g/mol. The molecule has 0 saturated heterocycles. The lowest BCUT2D eigenvalue weighted by atomic mass is 10.1. The van der Waals surface area contributed by atoms with Gasteiger partial charge in [0.15, 0.2) is 0 Å². The fourth-order valence-corrected chi connectivity index (χ4v) is 1.70. The highest BCUT2D eigenvalue weighted by Gasteiger charge is 2.04. The molecule has 0 saturated carbocycles. The van der Waals surface area contributed by atoms with Gasteiger partial charge in [-0.2, -0.15) is 0 Å². The number of hydrogen-bond acceptors (Lipinski definition) is 2. The summed E-state index contributed by atoms with van der Waals surface area (Å²) in [4.78, 5) is 10.5. The van der Waals surface area contributed by atoms with E-state index in [0.29, 0.717) is 6.42 Å². The highest BCUT2D eigenvalue weighted by atomic mass is 31.0. The Kier molecular flexibility index (Phi) is 6.38. The number of carbonyl (C=O) groups is 1. The largest absolute Gasteiger partial charge is 0.461 e. The molecule has 96 valence electrons. The Morgan fingerprint density at radius 3 is 2.83 bits per heavy atom. The molecule has 1 aromatic rings. The number of benzene rings is 1. The van der Waals surface area contributed by atoms with E-state index in [1.807, 2.05) is 50.3 Å². The molecule has 18 heavy (non-hydrogen) atoms. The Bertz CT molecular complexity index is 462. The third kappa shape index (κ3) is 4.46. The summed E-state index contributed by atoms with van der Waals surface area (Å²) < 4.78 is 5.86. The van der Waals surface area contributed by atoms with E-state index in [0.717, 1.165) is 35.1 Å². The summed E-state index contributed by atoms with van der Waals surface area (Å²) in [5.74, 6) is 1.69. The highest BCUT2D eigenvalue weighted by molar-refractivity contribution is 7.27. The fraction of sp³-hybridized carbons (Fsp3) is 0.267. The number of rotatable bonds is 6. The maximum Gasteiger partial charge on any atom is 0.134 e. The molecule has 3 heteroatoms. The first-order valence-corrected chi connectivity index (χ1v) is 6.60. The molecule has 0 radical (unpaired) electrons. The Hall–Kier alpha value is -1.40. The predicted octanol–water partition coefficient (Wildman–Crippen LogP) is 3.18. The lowest BCUT2D eigenvalue weighted by molar-refractivity contribution is -0.107. The molecule has 2 nitrogen and oxygen atoms in total. The molecule has 0 N–H and O–H groups in total. The van der Waals surface area contributed by atoms with Crippen LogP contribution in [0, 0.1) is 0 Å². The van der Waals surface area contributed by atoms with Crippen LogP contribution in [0.4, 0.5) is 0 Å². The zero-order chi connectivity index (χ0) is 13.4. The van der Waals surface area contributed by atoms with E-state index in [4.69, 9.17) is 4.74 Å². The Morgan fingerprint density at radius 2 is 2.22 bits per heavy atom.